The molecule has 3 nitrogen and oxygen atoms in total. The molecular formula is C14H12BrFO3S. The number of benzene rings is 2. The zero-order valence-corrected chi connectivity index (χ0v) is 13.0. The molecule has 2 aromatic rings. The maximum Gasteiger partial charge on any atom is 0.175 e. The van der Waals surface area contributed by atoms with Crippen LogP contribution in [0, 0.1) is 5.82 Å². The Bertz CT molecular complexity index is 729. The van der Waals surface area contributed by atoms with Gasteiger partial charge in [-0.05, 0) is 35.9 Å². The van der Waals surface area contributed by atoms with Crippen LogP contribution in [-0.4, -0.2) is 14.7 Å². The predicted octanol–water partition coefficient (Wildman–Crippen LogP) is 3.92. The number of halogens is 2. The Balaban J connectivity index is 2.31. The second-order valence-corrected chi connectivity index (χ2v) is 6.82. The second kappa shape index (κ2) is 5.93. The molecule has 0 atom stereocenters. The molecule has 0 spiro atoms. The van der Waals surface area contributed by atoms with Crippen molar-refractivity contribution in [3.05, 3.63) is 53.8 Å². The zero-order chi connectivity index (χ0) is 14.8. The maximum atomic E-state index is 13.8. The lowest BCUT2D eigenvalue weighted by atomic mass is 10.2. The highest BCUT2D eigenvalue weighted by molar-refractivity contribution is 9.08. The highest BCUT2D eigenvalue weighted by atomic mass is 79.9. The monoisotopic (exact) mass is 358 g/mol. The third-order valence-corrected chi connectivity index (χ3v) is 4.37. The van der Waals surface area contributed by atoms with Crippen LogP contribution in [0.5, 0.6) is 11.5 Å². The van der Waals surface area contributed by atoms with Gasteiger partial charge < -0.3 is 4.74 Å². The molecule has 0 aromatic heterocycles. The molecule has 0 aliphatic carbocycles. The molecule has 0 radical (unpaired) electrons. The Labute approximate surface area is 125 Å². The van der Waals surface area contributed by atoms with Crippen molar-refractivity contribution < 1.29 is 17.5 Å². The third-order valence-electron chi connectivity index (χ3n) is 2.61. The number of hydrogen-bond acceptors (Lipinski definition) is 3. The average Bonchev–Trinajstić information content (AvgIpc) is 2.40. The molecule has 0 fully saturated rings. The molecule has 0 N–H and O–H groups in total. The van der Waals surface area contributed by atoms with Gasteiger partial charge in [0.1, 0.15) is 5.75 Å². The molecule has 2 aromatic carbocycles. The van der Waals surface area contributed by atoms with Crippen molar-refractivity contribution in [2.24, 2.45) is 0 Å². The Morgan fingerprint density at radius 3 is 2.55 bits per heavy atom. The smallest absolute Gasteiger partial charge is 0.175 e. The number of alkyl halides is 1. The van der Waals surface area contributed by atoms with E-state index in [-0.39, 0.29) is 16.4 Å². The van der Waals surface area contributed by atoms with E-state index in [1.54, 1.807) is 18.2 Å². The van der Waals surface area contributed by atoms with Crippen molar-refractivity contribution in [2.45, 2.75) is 10.2 Å². The molecule has 0 saturated carbocycles. The number of rotatable bonds is 4. The molecule has 0 aliphatic rings. The third kappa shape index (κ3) is 3.58. The van der Waals surface area contributed by atoms with Gasteiger partial charge >= 0.3 is 0 Å². The zero-order valence-electron chi connectivity index (χ0n) is 10.6. The first-order valence-electron chi connectivity index (χ1n) is 5.72. The molecule has 0 heterocycles. The summed E-state index contributed by atoms with van der Waals surface area (Å²) in [4.78, 5) is 0.132. The molecule has 2 rings (SSSR count). The Morgan fingerprint density at radius 2 is 1.95 bits per heavy atom. The fourth-order valence-corrected chi connectivity index (χ4v) is 2.61. The molecule has 20 heavy (non-hydrogen) atoms. The largest absolute Gasteiger partial charge is 0.454 e. The van der Waals surface area contributed by atoms with Gasteiger partial charge in [-0.3, -0.25) is 0 Å². The van der Waals surface area contributed by atoms with E-state index < -0.39 is 15.7 Å². The summed E-state index contributed by atoms with van der Waals surface area (Å²) < 4.78 is 42.1. The average molecular weight is 359 g/mol. The van der Waals surface area contributed by atoms with E-state index in [0.29, 0.717) is 5.33 Å². The van der Waals surface area contributed by atoms with Gasteiger partial charge in [0, 0.05) is 11.6 Å². The van der Waals surface area contributed by atoms with Crippen molar-refractivity contribution in [3.63, 3.8) is 0 Å². The minimum atomic E-state index is -3.32. The Kier molecular flexibility index (Phi) is 4.45. The van der Waals surface area contributed by atoms with E-state index >= 15 is 0 Å². The fraction of sp³-hybridized carbons (Fsp3) is 0.143. The van der Waals surface area contributed by atoms with Crippen LogP contribution in [-0.2, 0) is 15.2 Å². The van der Waals surface area contributed by atoms with E-state index in [9.17, 15) is 12.8 Å². The van der Waals surface area contributed by atoms with Crippen molar-refractivity contribution in [3.8, 4) is 11.5 Å². The van der Waals surface area contributed by atoms with Gasteiger partial charge in [0.05, 0.1) is 4.90 Å². The van der Waals surface area contributed by atoms with E-state index in [0.717, 1.165) is 11.8 Å². The van der Waals surface area contributed by atoms with Crippen molar-refractivity contribution in [2.75, 3.05) is 6.26 Å². The highest BCUT2D eigenvalue weighted by Gasteiger charge is 2.10. The minimum absolute atomic E-state index is 0.0559. The van der Waals surface area contributed by atoms with Crippen molar-refractivity contribution >= 4 is 25.8 Å². The standard InChI is InChI=1S/C14H12BrFO3S/c1-20(17,18)12-4-2-3-11(8-12)19-14-6-5-10(9-15)7-13(14)16/h2-8H,9H2,1H3. The van der Waals surface area contributed by atoms with Crippen LogP contribution in [0.4, 0.5) is 4.39 Å². The van der Waals surface area contributed by atoms with Crippen LogP contribution in [0.3, 0.4) is 0 Å². The normalized spacial score (nSPS) is 11.3. The van der Waals surface area contributed by atoms with Crippen LogP contribution in [0.15, 0.2) is 47.4 Å². The first kappa shape index (κ1) is 15.0. The molecule has 6 heteroatoms. The van der Waals surface area contributed by atoms with Crippen LogP contribution in [0.2, 0.25) is 0 Å². The summed E-state index contributed by atoms with van der Waals surface area (Å²) >= 11 is 3.24. The Morgan fingerprint density at radius 1 is 1.20 bits per heavy atom. The first-order chi connectivity index (χ1) is 9.40. The number of sulfone groups is 1. The topological polar surface area (TPSA) is 43.4 Å². The lowest BCUT2D eigenvalue weighted by Crippen LogP contribution is -1.97. The first-order valence-corrected chi connectivity index (χ1v) is 8.74. The van der Waals surface area contributed by atoms with E-state index in [4.69, 9.17) is 4.74 Å². The molecule has 0 amide bonds. The van der Waals surface area contributed by atoms with Crippen LogP contribution in [0.25, 0.3) is 0 Å². The van der Waals surface area contributed by atoms with Gasteiger partial charge in [0.2, 0.25) is 0 Å². The van der Waals surface area contributed by atoms with Gasteiger partial charge in [0.25, 0.3) is 0 Å². The van der Waals surface area contributed by atoms with Gasteiger partial charge in [-0.25, -0.2) is 12.8 Å². The summed E-state index contributed by atoms with van der Waals surface area (Å²) in [6, 6.07) is 10.6. The quantitative estimate of drug-likeness (QED) is 0.778. The molecule has 0 aliphatic heterocycles. The lowest BCUT2D eigenvalue weighted by Gasteiger charge is -2.08. The second-order valence-electron chi connectivity index (χ2n) is 4.25. The van der Waals surface area contributed by atoms with Crippen LogP contribution < -0.4 is 4.74 Å². The van der Waals surface area contributed by atoms with Gasteiger partial charge in [-0.1, -0.05) is 28.1 Å². The van der Waals surface area contributed by atoms with Crippen LogP contribution >= 0.6 is 15.9 Å². The lowest BCUT2D eigenvalue weighted by molar-refractivity contribution is 0.440. The Hall–Kier alpha value is -1.40. The highest BCUT2D eigenvalue weighted by Crippen LogP contribution is 2.27. The molecular weight excluding hydrogens is 347 g/mol. The van der Waals surface area contributed by atoms with Gasteiger partial charge in [-0.2, -0.15) is 0 Å². The molecule has 0 saturated heterocycles. The van der Waals surface area contributed by atoms with Gasteiger partial charge in [0.15, 0.2) is 21.4 Å². The fourth-order valence-electron chi connectivity index (χ4n) is 1.61. The SMILES string of the molecule is CS(=O)(=O)c1cccc(Oc2ccc(CBr)cc2F)c1. The van der Waals surface area contributed by atoms with Crippen LogP contribution in [0.1, 0.15) is 5.56 Å². The van der Waals surface area contributed by atoms with Crippen molar-refractivity contribution in [1.29, 1.82) is 0 Å². The summed E-state index contributed by atoms with van der Waals surface area (Å²) in [7, 11) is -3.32. The summed E-state index contributed by atoms with van der Waals surface area (Å²) in [5.74, 6) is -0.162. The van der Waals surface area contributed by atoms with Gasteiger partial charge in [-0.15, -0.1) is 0 Å². The predicted molar refractivity (Wildman–Crippen MR) is 78.7 cm³/mol. The maximum absolute atomic E-state index is 13.8. The van der Waals surface area contributed by atoms with E-state index in [2.05, 4.69) is 15.9 Å². The molecule has 0 unspecified atom stereocenters. The van der Waals surface area contributed by atoms with E-state index in [1.807, 2.05) is 0 Å². The number of hydrogen-bond donors (Lipinski definition) is 0. The minimum Gasteiger partial charge on any atom is -0.454 e. The summed E-state index contributed by atoms with van der Waals surface area (Å²) in [6.07, 6.45) is 1.11. The summed E-state index contributed by atoms with van der Waals surface area (Å²) in [6.45, 7) is 0. The van der Waals surface area contributed by atoms with E-state index in [1.165, 1.54) is 24.3 Å². The summed E-state index contributed by atoms with van der Waals surface area (Å²) in [5, 5.41) is 0.549. The number of ether oxygens (including phenoxy) is 1. The molecule has 0 bridgehead atoms. The van der Waals surface area contributed by atoms with Crippen molar-refractivity contribution in [1.82, 2.24) is 0 Å². The molecule has 106 valence electrons. The summed E-state index contributed by atoms with van der Waals surface area (Å²) in [5.41, 5.74) is 0.791.